The van der Waals surface area contributed by atoms with E-state index in [0.717, 1.165) is 19.3 Å². The van der Waals surface area contributed by atoms with Gasteiger partial charge in [0.25, 0.3) is 0 Å². The van der Waals surface area contributed by atoms with Crippen molar-refractivity contribution < 1.29 is 9.53 Å². The van der Waals surface area contributed by atoms with Crippen LogP contribution in [-0.2, 0) is 9.53 Å². The second kappa shape index (κ2) is 7.63. The van der Waals surface area contributed by atoms with Gasteiger partial charge < -0.3 is 15.8 Å². The number of rotatable bonds is 8. The lowest BCUT2D eigenvalue weighted by atomic mass is 10.1. The Morgan fingerprint density at radius 1 is 1.44 bits per heavy atom. The molecular formula is C12H26N2O2. The highest BCUT2D eigenvalue weighted by Gasteiger charge is 2.20. The van der Waals surface area contributed by atoms with Crippen LogP contribution in [0.5, 0.6) is 0 Å². The number of hydrogen-bond acceptors (Lipinski definition) is 3. The summed E-state index contributed by atoms with van der Waals surface area (Å²) in [6, 6.07) is -0.391. The highest BCUT2D eigenvalue weighted by atomic mass is 16.5. The van der Waals surface area contributed by atoms with Crippen molar-refractivity contribution in [3.05, 3.63) is 0 Å². The second-order valence-corrected chi connectivity index (χ2v) is 4.66. The highest BCUT2D eigenvalue weighted by molar-refractivity contribution is 5.81. The predicted octanol–water partition coefficient (Wildman–Crippen LogP) is 1.44. The summed E-state index contributed by atoms with van der Waals surface area (Å²) in [7, 11) is 0. The molecule has 0 aliphatic carbocycles. The molecule has 0 aromatic heterocycles. The summed E-state index contributed by atoms with van der Waals surface area (Å²) >= 11 is 0. The van der Waals surface area contributed by atoms with Gasteiger partial charge in [0, 0.05) is 13.2 Å². The van der Waals surface area contributed by atoms with Gasteiger partial charge in [-0.25, -0.2) is 0 Å². The third kappa shape index (κ3) is 6.80. The lowest BCUT2D eigenvalue weighted by Gasteiger charge is -2.25. The number of hydrogen-bond donors (Lipinski definition) is 2. The van der Waals surface area contributed by atoms with Gasteiger partial charge in [-0.3, -0.25) is 4.79 Å². The molecule has 0 aliphatic heterocycles. The normalized spacial score (nSPS) is 13.6. The van der Waals surface area contributed by atoms with Crippen LogP contribution in [0.3, 0.4) is 0 Å². The number of carbonyl (C=O) groups excluding carboxylic acids is 1. The van der Waals surface area contributed by atoms with Crippen LogP contribution < -0.4 is 11.1 Å². The minimum absolute atomic E-state index is 0.0822. The lowest BCUT2D eigenvalue weighted by Crippen LogP contribution is -2.47. The molecule has 0 aromatic rings. The topological polar surface area (TPSA) is 64.4 Å². The largest absolute Gasteiger partial charge is 0.374 e. The summed E-state index contributed by atoms with van der Waals surface area (Å²) in [5, 5.41) is 2.83. The van der Waals surface area contributed by atoms with Crippen LogP contribution in [0.15, 0.2) is 0 Å². The summed E-state index contributed by atoms with van der Waals surface area (Å²) in [5.74, 6) is -0.0822. The van der Waals surface area contributed by atoms with E-state index in [1.807, 2.05) is 20.8 Å². The Kier molecular flexibility index (Phi) is 7.34. The molecule has 0 heterocycles. The van der Waals surface area contributed by atoms with Crippen molar-refractivity contribution in [1.82, 2.24) is 5.32 Å². The third-order valence-electron chi connectivity index (χ3n) is 2.43. The number of carbonyl (C=O) groups is 1. The average molecular weight is 230 g/mol. The number of nitrogens with one attached hydrogen (secondary N) is 1. The van der Waals surface area contributed by atoms with Crippen molar-refractivity contribution in [3.8, 4) is 0 Å². The molecule has 4 heteroatoms. The molecule has 1 amide bonds. The van der Waals surface area contributed by atoms with E-state index in [9.17, 15) is 4.79 Å². The first-order chi connectivity index (χ1) is 7.43. The zero-order chi connectivity index (χ0) is 12.6. The fourth-order valence-corrected chi connectivity index (χ4v) is 1.43. The van der Waals surface area contributed by atoms with Crippen molar-refractivity contribution in [2.45, 2.75) is 58.6 Å². The zero-order valence-corrected chi connectivity index (χ0v) is 11.0. The fourth-order valence-electron chi connectivity index (χ4n) is 1.43. The first-order valence-corrected chi connectivity index (χ1v) is 6.10. The summed E-state index contributed by atoms with van der Waals surface area (Å²) in [4.78, 5) is 11.6. The summed E-state index contributed by atoms with van der Waals surface area (Å²) in [5.41, 5.74) is 5.43. The van der Waals surface area contributed by atoms with Crippen LogP contribution >= 0.6 is 0 Å². The maximum atomic E-state index is 11.6. The molecule has 0 saturated carbocycles. The molecule has 96 valence electrons. The Bertz CT molecular complexity index is 205. The third-order valence-corrected chi connectivity index (χ3v) is 2.43. The van der Waals surface area contributed by atoms with Crippen LogP contribution in [-0.4, -0.2) is 30.7 Å². The minimum Gasteiger partial charge on any atom is -0.374 e. The van der Waals surface area contributed by atoms with E-state index in [0.29, 0.717) is 13.2 Å². The van der Waals surface area contributed by atoms with Gasteiger partial charge in [0.05, 0.1) is 11.6 Å². The monoisotopic (exact) mass is 230 g/mol. The first-order valence-electron chi connectivity index (χ1n) is 6.10. The van der Waals surface area contributed by atoms with Gasteiger partial charge >= 0.3 is 0 Å². The van der Waals surface area contributed by atoms with Crippen molar-refractivity contribution in [2.24, 2.45) is 5.73 Å². The Balaban J connectivity index is 3.87. The van der Waals surface area contributed by atoms with Crippen LogP contribution in [0.25, 0.3) is 0 Å². The van der Waals surface area contributed by atoms with Crippen molar-refractivity contribution >= 4 is 5.91 Å². The summed E-state index contributed by atoms with van der Waals surface area (Å²) < 4.78 is 5.49. The van der Waals surface area contributed by atoms with E-state index in [-0.39, 0.29) is 11.5 Å². The van der Waals surface area contributed by atoms with Gasteiger partial charge in [0.2, 0.25) is 5.91 Å². The number of ether oxygens (including phenoxy) is 1. The number of amides is 1. The molecule has 0 spiro atoms. The van der Waals surface area contributed by atoms with Gasteiger partial charge in [-0.2, -0.15) is 0 Å². The van der Waals surface area contributed by atoms with Crippen molar-refractivity contribution in [1.29, 1.82) is 0 Å². The highest BCUT2D eigenvalue weighted by Crippen LogP contribution is 2.07. The molecule has 1 unspecified atom stereocenters. The van der Waals surface area contributed by atoms with E-state index in [4.69, 9.17) is 10.5 Å². The van der Waals surface area contributed by atoms with E-state index in [2.05, 4.69) is 12.2 Å². The SMILES string of the molecule is CCCCC(N)C(=O)NCC(C)(C)OCC. The molecule has 16 heavy (non-hydrogen) atoms. The standard InChI is InChI=1S/C12H26N2O2/c1-5-7-8-10(13)11(15)14-9-12(3,4)16-6-2/h10H,5-9,13H2,1-4H3,(H,14,15). The second-order valence-electron chi connectivity index (χ2n) is 4.66. The minimum atomic E-state index is -0.391. The first kappa shape index (κ1) is 15.4. The van der Waals surface area contributed by atoms with Gasteiger partial charge in [-0.15, -0.1) is 0 Å². The van der Waals surface area contributed by atoms with E-state index >= 15 is 0 Å². The lowest BCUT2D eigenvalue weighted by molar-refractivity contribution is -0.124. The maximum absolute atomic E-state index is 11.6. The molecule has 0 saturated heterocycles. The van der Waals surface area contributed by atoms with Crippen LogP contribution in [0.2, 0.25) is 0 Å². The van der Waals surface area contributed by atoms with E-state index < -0.39 is 6.04 Å². The Morgan fingerprint density at radius 2 is 2.06 bits per heavy atom. The molecule has 0 radical (unpaired) electrons. The molecule has 3 N–H and O–H groups in total. The molecule has 0 rings (SSSR count). The Hall–Kier alpha value is -0.610. The molecule has 0 aliphatic rings. The average Bonchev–Trinajstić information content (AvgIpc) is 2.22. The fraction of sp³-hybridized carbons (Fsp3) is 0.917. The Morgan fingerprint density at radius 3 is 2.56 bits per heavy atom. The van der Waals surface area contributed by atoms with Gasteiger partial charge in [0.15, 0.2) is 0 Å². The van der Waals surface area contributed by atoms with Gasteiger partial charge in [-0.05, 0) is 27.2 Å². The number of unbranched alkanes of at least 4 members (excludes halogenated alkanes) is 1. The molecular weight excluding hydrogens is 204 g/mol. The van der Waals surface area contributed by atoms with Gasteiger partial charge in [0.1, 0.15) is 0 Å². The van der Waals surface area contributed by atoms with Crippen molar-refractivity contribution in [3.63, 3.8) is 0 Å². The van der Waals surface area contributed by atoms with E-state index in [1.54, 1.807) is 0 Å². The molecule has 0 aromatic carbocycles. The molecule has 0 fully saturated rings. The zero-order valence-electron chi connectivity index (χ0n) is 11.0. The molecule has 1 atom stereocenters. The summed E-state index contributed by atoms with van der Waals surface area (Å²) in [6.45, 7) is 9.08. The van der Waals surface area contributed by atoms with E-state index in [1.165, 1.54) is 0 Å². The van der Waals surface area contributed by atoms with Gasteiger partial charge in [-0.1, -0.05) is 19.8 Å². The van der Waals surface area contributed by atoms with Crippen LogP contribution in [0.4, 0.5) is 0 Å². The smallest absolute Gasteiger partial charge is 0.237 e. The van der Waals surface area contributed by atoms with Crippen molar-refractivity contribution in [2.75, 3.05) is 13.2 Å². The quantitative estimate of drug-likeness (QED) is 0.663. The summed E-state index contributed by atoms with van der Waals surface area (Å²) in [6.07, 6.45) is 2.80. The van der Waals surface area contributed by atoms with Crippen LogP contribution in [0.1, 0.15) is 47.0 Å². The Labute approximate surface area is 98.9 Å². The molecule has 0 bridgehead atoms. The predicted molar refractivity (Wildman–Crippen MR) is 66.2 cm³/mol. The van der Waals surface area contributed by atoms with Crippen LogP contribution in [0, 0.1) is 0 Å². The number of nitrogens with two attached hydrogens (primary N) is 1. The molecule has 4 nitrogen and oxygen atoms in total. The maximum Gasteiger partial charge on any atom is 0.237 e.